The molecule has 3 aliphatic carbocycles. The van der Waals surface area contributed by atoms with Crippen LogP contribution in [-0.4, -0.2) is 64.3 Å². The number of ether oxygens (including phenoxy) is 4. The quantitative estimate of drug-likeness (QED) is 0.481. The number of carbonyl (C=O) groups excluding carboxylic acids is 2. The van der Waals surface area contributed by atoms with E-state index < -0.39 is 53.7 Å². The smallest absolute Gasteiger partial charge is 0.352 e. The molecule has 0 amide bonds. The molecule has 2 bridgehead atoms. The molecule has 1 aromatic carbocycles. The van der Waals surface area contributed by atoms with Crippen molar-refractivity contribution >= 4 is 17.9 Å². The van der Waals surface area contributed by atoms with Gasteiger partial charge in [-0.1, -0.05) is 12.5 Å². The van der Waals surface area contributed by atoms with Gasteiger partial charge in [-0.05, 0) is 56.2 Å². The van der Waals surface area contributed by atoms with E-state index in [4.69, 9.17) is 24.1 Å². The number of aliphatic hydroxyl groups excluding tert-OH is 1. The zero-order chi connectivity index (χ0) is 25.1. The summed E-state index contributed by atoms with van der Waals surface area (Å²) in [6.45, 7) is 1.27. The first-order chi connectivity index (χ1) is 16.6. The molecule has 5 rings (SSSR count). The van der Waals surface area contributed by atoms with Crippen molar-refractivity contribution in [2.24, 2.45) is 5.92 Å². The number of hydrogen-bond donors (Lipinski definition) is 3. The highest BCUT2D eigenvalue weighted by atomic mass is 16.6. The lowest BCUT2D eigenvalue weighted by Crippen LogP contribution is -2.67. The molecule has 3 N–H and O–H groups in total. The van der Waals surface area contributed by atoms with E-state index in [2.05, 4.69) is 0 Å². The van der Waals surface area contributed by atoms with E-state index in [0.717, 1.165) is 30.4 Å². The van der Waals surface area contributed by atoms with Gasteiger partial charge in [0.1, 0.15) is 5.76 Å². The molecular formula is C25H28O10. The summed E-state index contributed by atoms with van der Waals surface area (Å²) >= 11 is 0. The van der Waals surface area contributed by atoms with Gasteiger partial charge >= 0.3 is 17.9 Å². The average Bonchev–Trinajstić information content (AvgIpc) is 3.15. The molecular weight excluding hydrogens is 460 g/mol. The molecule has 1 fully saturated rings. The van der Waals surface area contributed by atoms with Gasteiger partial charge in [-0.2, -0.15) is 0 Å². The van der Waals surface area contributed by atoms with Crippen LogP contribution in [0.15, 0.2) is 24.0 Å². The number of carboxylic acids is 1. The van der Waals surface area contributed by atoms with Gasteiger partial charge in [-0.3, -0.25) is 4.79 Å². The zero-order valence-electron chi connectivity index (χ0n) is 19.5. The molecule has 35 heavy (non-hydrogen) atoms. The number of aliphatic carboxylic acids is 1. The van der Waals surface area contributed by atoms with Crippen molar-refractivity contribution in [2.75, 3.05) is 7.11 Å². The fourth-order valence-electron chi connectivity index (χ4n) is 6.43. The lowest BCUT2D eigenvalue weighted by atomic mass is 9.47. The maximum absolute atomic E-state index is 12.8. The van der Waals surface area contributed by atoms with E-state index in [1.54, 1.807) is 13.2 Å². The van der Waals surface area contributed by atoms with Crippen LogP contribution in [0.1, 0.15) is 50.2 Å². The van der Waals surface area contributed by atoms with Crippen LogP contribution in [0.5, 0.6) is 11.5 Å². The van der Waals surface area contributed by atoms with Crippen LogP contribution in [0.4, 0.5) is 0 Å². The van der Waals surface area contributed by atoms with E-state index in [9.17, 15) is 24.6 Å². The third-order valence-corrected chi connectivity index (χ3v) is 7.95. The predicted molar refractivity (Wildman–Crippen MR) is 118 cm³/mol. The van der Waals surface area contributed by atoms with Crippen LogP contribution >= 0.6 is 0 Å². The number of carboxylic acid groups (broad SMARTS) is 1. The highest BCUT2D eigenvalue weighted by Crippen LogP contribution is 2.67. The van der Waals surface area contributed by atoms with Crippen LogP contribution in [0, 0.1) is 5.92 Å². The second-order valence-corrected chi connectivity index (χ2v) is 9.74. The zero-order valence-corrected chi connectivity index (χ0v) is 19.5. The summed E-state index contributed by atoms with van der Waals surface area (Å²) in [6.07, 6.45) is 0.201. The Balaban J connectivity index is 1.43. The Morgan fingerprint density at radius 2 is 2.03 bits per heavy atom. The second-order valence-electron chi connectivity index (χ2n) is 9.74. The van der Waals surface area contributed by atoms with E-state index in [0.29, 0.717) is 17.9 Å². The molecule has 1 heterocycles. The molecule has 1 spiro atoms. The number of methoxy groups -OCH3 is 1. The number of aliphatic hydroxyl groups is 2. The molecule has 10 nitrogen and oxygen atoms in total. The van der Waals surface area contributed by atoms with Crippen molar-refractivity contribution in [1.82, 2.24) is 0 Å². The highest BCUT2D eigenvalue weighted by Gasteiger charge is 2.71. The first-order valence-electron chi connectivity index (χ1n) is 11.7. The molecule has 1 aromatic rings. The number of hydrogen-bond acceptors (Lipinski definition) is 9. The predicted octanol–water partition coefficient (Wildman–Crippen LogP) is 1.38. The molecule has 0 saturated heterocycles. The van der Waals surface area contributed by atoms with Crippen molar-refractivity contribution in [3.05, 3.63) is 35.1 Å². The van der Waals surface area contributed by atoms with Crippen LogP contribution in [0.25, 0.3) is 0 Å². The van der Waals surface area contributed by atoms with E-state index in [1.807, 2.05) is 12.1 Å². The summed E-state index contributed by atoms with van der Waals surface area (Å²) in [5, 5.41) is 30.4. The molecule has 6 atom stereocenters. The Morgan fingerprint density at radius 1 is 1.26 bits per heavy atom. The van der Waals surface area contributed by atoms with Gasteiger partial charge in [0.2, 0.25) is 0 Å². The molecule has 0 aromatic heterocycles. The Kier molecular flexibility index (Phi) is 5.56. The highest BCUT2D eigenvalue weighted by molar-refractivity contribution is 5.84. The van der Waals surface area contributed by atoms with Crippen molar-refractivity contribution in [3.63, 3.8) is 0 Å². The first-order valence-corrected chi connectivity index (χ1v) is 11.7. The summed E-state index contributed by atoms with van der Waals surface area (Å²) < 4.78 is 22.5. The third-order valence-electron chi connectivity index (χ3n) is 7.95. The maximum Gasteiger partial charge on any atom is 0.352 e. The fourth-order valence-corrected chi connectivity index (χ4v) is 6.43. The van der Waals surface area contributed by atoms with Crippen LogP contribution in [-0.2, 0) is 35.7 Å². The van der Waals surface area contributed by atoms with Crippen LogP contribution in [0.3, 0.4) is 0 Å². The number of rotatable bonds is 7. The van der Waals surface area contributed by atoms with Gasteiger partial charge in [-0.25, -0.2) is 9.59 Å². The first kappa shape index (κ1) is 23.6. The molecule has 1 aliphatic heterocycles. The summed E-state index contributed by atoms with van der Waals surface area (Å²) in [5.74, 6) is -2.16. The van der Waals surface area contributed by atoms with Crippen LogP contribution in [0.2, 0.25) is 0 Å². The Hall–Kier alpha value is -3.11. The topological polar surface area (TPSA) is 149 Å². The van der Waals surface area contributed by atoms with Gasteiger partial charge < -0.3 is 34.3 Å². The van der Waals surface area contributed by atoms with Crippen molar-refractivity contribution in [2.45, 2.75) is 74.8 Å². The summed E-state index contributed by atoms with van der Waals surface area (Å²) in [7, 11) is 1.55. The van der Waals surface area contributed by atoms with Crippen molar-refractivity contribution in [1.29, 1.82) is 0 Å². The monoisotopic (exact) mass is 488 g/mol. The molecule has 1 saturated carbocycles. The minimum absolute atomic E-state index is 0.0401. The maximum atomic E-state index is 12.8. The lowest BCUT2D eigenvalue weighted by molar-refractivity contribution is -0.175. The molecule has 10 heteroatoms. The molecule has 0 unspecified atom stereocenters. The van der Waals surface area contributed by atoms with Gasteiger partial charge in [-0.15, -0.1) is 0 Å². The Morgan fingerprint density at radius 3 is 2.74 bits per heavy atom. The van der Waals surface area contributed by atoms with Crippen molar-refractivity contribution in [3.8, 4) is 11.5 Å². The van der Waals surface area contributed by atoms with Gasteiger partial charge in [0, 0.05) is 5.56 Å². The molecule has 4 aliphatic rings. The number of benzene rings is 1. The largest absolute Gasteiger partial charge is 0.493 e. The van der Waals surface area contributed by atoms with Gasteiger partial charge in [0.15, 0.2) is 29.8 Å². The van der Waals surface area contributed by atoms with E-state index >= 15 is 0 Å². The third kappa shape index (κ3) is 3.34. The summed E-state index contributed by atoms with van der Waals surface area (Å²) in [4.78, 5) is 35.4. The minimum Gasteiger partial charge on any atom is -0.493 e. The van der Waals surface area contributed by atoms with Gasteiger partial charge in [0.25, 0.3) is 0 Å². The summed E-state index contributed by atoms with van der Waals surface area (Å²) in [5.41, 5.74) is 0.156. The second kappa shape index (κ2) is 8.23. The van der Waals surface area contributed by atoms with Gasteiger partial charge in [0.05, 0.1) is 24.5 Å². The fraction of sp³-hybridized carbons (Fsp3) is 0.560. The molecule has 0 radical (unpaired) electrons. The number of esters is 2. The van der Waals surface area contributed by atoms with Crippen molar-refractivity contribution < 1.29 is 48.7 Å². The SMILES string of the molecule is COc1ccc2c3c1O[C@H]1C(OC(=O)[C@H](C)OC(=O)[C@@H](O)CC(=O)O)=CC[C@@]4(O)[C@H](CCC[C@]314)C2. The standard InChI is InChI=1S/C25H28O10/c1-12(33-23(30)15(26)11-18(27)28)22(29)34-17-7-9-25(31)14-4-3-8-24(25)19-13(10-14)5-6-16(32-2)20(19)35-21(17)24/h5-7,12,14-15,21,26,31H,3-4,8-11H2,1-2H3,(H,27,28)/t12-,14+,15-,21-,24-,25+/m0/s1. The minimum atomic E-state index is -1.90. The summed E-state index contributed by atoms with van der Waals surface area (Å²) in [6, 6.07) is 3.86. The van der Waals surface area contributed by atoms with Crippen LogP contribution < -0.4 is 9.47 Å². The normalized spacial score (nSPS) is 31.3. The van der Waals surface area contributed by atoms with E-state index in [-0.39, 0.29) is 18.1 Å². The average molecular weight is 488 g/mol. The Bertz CT molecular complexity index is 1130. The number of carbonyl (C=O) groups is 3. The Labute approximate surface area is 201 Å². The molecule has 188 valence electrons. The lowest BCUT2D eigenvalue weighted by Gasteiger charge is -2.59. The van der Waals surface area contributed by atoms with E-state index in [1.165, 1.54) is 6.92 Å².